The standard InChI is InChI=1S/C17H23N3O4/c1-12(22)20(15-7-5-13(18)6-8-15)17(24)16(23)19-10-3-2-4-14(19)9-11-21/h5-8,14,21H,2-4,9-11,18H2,1H3. The highest BCUT2D eigenvalue weighted by atomic mass is 16.3. The van der Waals surface area contributed by atoms with Crippen molar-refractivity contribution in [2.75, 3.05) is 23.8 Å². The summed E-state index contributed by atoms with van der Waals surface area (Å²) in [5.74, 6) is -2.12. The van der Waals surface area contributed by atoms with E-state index in [1.807, 2.05) is 0 Å². The number of piperidine rings is 1. The van der Waals surface area contributed by atoms with Crippen LogP contribution in [0.25, 0.3) is 0 Å². The average Bonchev–Trinajstić information content (AvgIpc) is 2.56. The number of nitrogens with two attached hydrogens (primary N) is 1. The molecule has 0 saturated carbocycles. The smallest absolute Gasteiger partial charge is 0.323 e. The van der Waals surface area contributed by atoms with Crippen LogP contribution in [-0.2, 0) is 14.4 Å². The molecule has 0 spiro atoms. The number of carbonyl (C=O) groups is 3. The molecule has 7 nitrogen and oxygen atoms in total. The highest BCUT2D eigenvalue weighted by Gasteiger charge is 2.35. The van der Waals surface area contributed by atoms with Crippen LogP contribution < -0.4 is 10.6 Å². The van der Waals surface area contributed by atoms with Gasteiger partial charge in [-0.2, -0.15) is 0 Å². The summed E-state index contributed by atoms with van der Waals surface area (Å²) in [4.78, 5) is 39.6. The van der Waals surface area contributed by atoms with Gasteiger partial charge in [-0.25, -0.2) is 4.90 Å². The quantitative estimate of drug-likeness (QED) is 0.632. The van der Waals surface area contributed by atoms with Crippen LogP contribution in [0.4, 0.5) is 11.4 Å². The number of hydrogen-bond donors (Lipinski definition) is 2. The van der Waals surface area contributed by atoms with Gasteiger partial charge in [0.2, 0.25) is 5.91 Å². The van der Waals surface area contributed by atoms with Crippen molar-refractivity contribution in [2.45, 2.75) is 38.6 Å². The maximum atomic E-state index is 12.6. The zero-order chi connectivity index (χ0) is 17.7. The van der Waals surface area contributed by atoms with Crippen molar-refractivity contribution < 1.29 is 19.5 Å². The molecule has 24 heavy (non-hydrogen) atoms. The summed E-state index contributed by atoms with van der Waals surface area (Å²) < 4.78 is 0. The Morgan fingerprint density at radius 2 is 1.92 bits per heavy atom. The molecule has 1 unspecified atom stereocenters. The second-order valence-corrected chi connectivity index (χ2v) is 5.91. The Bertz CT molecular complexity index is 613. The Morgan fingerprint density at radius 3 is 2.50 bits per heavy atom. The van der Waals surface area contributed by atoms with Gasteiger partial charge in [0, 0.05) is 31.8 Å². The van der Waals surface area contributed by atoms with Gasteiger partial charge in [0.15, 0.2) is 0 Å². The lowest BCUT2D eigenvalue weighted by Gasteiger charge is -2.35. The van der Waals surface area contributed by atoms with Crippen LogP contribution in [0.15, 0.2) is 24.3 Å². The molecule has 1 aromatic carbocycles. The molecule has 130 valence electrons. The molecular weight excluding hydrogens is 310 g/mol. The van der Waals surface area contributed by atoms with Crippen molar-refractivity contribution in [2.24, 2.45) is 0 Å². The number of aliphatic hydroxyl groups excluding tert-OH is 1. The van der Waals surface area contributed by atoms with Crippen LogP contribution in [0.3, 0.4) is 0 Å². The second-order valence-electron chi connectivity index (χ2n) is 5.91. The molecule has 0 aliphatic carbocycles. The molecule has 0 radical (unpaired) electrons. The number of likely N-dealkylation sites (tertiary alicyclic amines) is 1. The molecule has 3 N–H and O–H groups in total. The largest absolute Gasteiger partial charge is 0.399 e. The highest BCUT2D eigenvalue weighted by molar-refractivity contribution is 6.45. The minimum atomic E-state index is -0.878. The molecule has 3 amide bonds. The molecule has 2 rings (SSSR count). The number of imide groups is 1. The normalized spacial score (nSPS) is 17.4. The first-order valence-corrected chi connectivity index (χ1v) is 8.07. The molecule has 0 bridgehead atoms. The first kappa shape index (κ1) is 17.9. The molecule has 1 aliphatic rings. The third kappa shape index (κ3) is 3.91. The fourth-order valence-electron chi connectivity index (χ4n) is 3.00. The zero-order valence-corrected chi connectivity index (χ0v) is 13.8. The minimum absolute atomic E-state index is 0.0446. The predicted octanol–water partition coefficient (Wildman–Crippen LogP) is 0.912. The lowest BCUT2D eigenvalue weighted by Crippen LogP contribution is -2.52. The van der Waals surface area contributed by atoms with E-state index in [0.717, 1.165) is 24.2 Å². The van der Waals surface area contributed by atoms with Gasteiger partial charge >= 0.3 is 11.8 Å². The number of amides is 3. The second kappa shape index (κ2) is 7.92. The number of aliphatic hydroxyl groups is 1. The van der Waals surface area contributed by atoms with Gasteiger partial charge < -0.3 is 15.7 Å². The third-order valence-corrected chi connectivity index (χ3v) is 4.20. The maximum Gasteiger partial charge on any atom is 0.323 e. The summed E-state index contributed by atoms with van der Waals surface area (Å²) in [5, 5.41) is 9.16. The van der Waals surface area contributed by atoms with Gasteiger partial charge in [0.05, 0.1) is 5.69 Å². The van der Waals surface area contributed by atoms with E-state index in [4.69, 9.17) is 10.8 Å². The summed E-state index contributed by atoms with van der Waals surface area (Å²) in [6.45, 7) is 1.66. The fraction of sp³-hybridized carbons (Fsp3) is 0.471. The van der Waals surface area contributed by atoms with E-state index in [1.165, 1.54) is 24.0 Å². The van der Waals surface area contributed by atoms with Crippen LogP contribution >= 0.6 is 0 Å². The summed E-state index contributed by atoms with van der Waals surface area (Å²) in [5.41, 5.74) is 6.43. The molecule has 1 fully saturated rings. The first-order valence-electron chi connectivity index (χ1n) is 8.07. The van der Waals surface area contributed by atoms with E-state index in [9.17, 15) is 14.4 Å². The van der Waals surface area contributed by atoms with E-state index in [0.29, 0.717) is 24.3 Å². The van der Waals surface area contributed by atoms with Crippen LogP contribution in [-0.4, -0.2) is 46.9 Å². The van der Waals surface area contributed by atoms with Crippen LogP contribution in [0.2, 0.25) is 0 Å². The Kier molecular flexibility index (Phi) is 5.92. The Labute approximate surface area is 141 Å². The Balaban J connectivity index is 2.23. The maximum absolute atomic E-state index is 12.6. The Hall–Kier alpha value is -2.41. The van der Waals surface area contributed by atoms with E-state index in [1.54, 1.807) is 12.1 Å². The van der Waals surface area contributed by atoms with Crippen molar-refractivity contribution in [3.63, 3.8) is 0 Å². The number of hydrogen-bond acceptors (Lipinski definition) is 5. The minimum Gasteiger partial charge on any atom is -0.399 e. The molecule has 7 heteroatoms. The van der Waals surface area contributed by atoms with E-state index >= 15 is 0 Å². The molecule has 1 aromatic rings. The van der Waals surface area contributed by atoms with Gasteiger partial charge in [-0.15, -0.1) is 0 Å². The number of benzene rings is 1. The van der Waals surface area contributed by atoms with Gasteiger partial charge in [-0.05, 0) is 49.9 Å². The van der Waals surface area contributed by atoms with Crippen molar-refractivity contribution in [3.8, 4) is 0 Å². The molecule has 1 atom stereocenters. The number of anilines is 2. The summed E-state index contributed by atoms with van der Waals surface area (Å²) in [6.07, 6.45) is 2.95. The Morgan fingerprint density at radius 1 is 1.25 bits per heavy atom. The number of nitrogen functional groups attached to an aromatic ring is 1. The van der Waals surface area contributed by atoms with Crippen molar-refractivity contribution in [1.82, 2.24) is 4.90 Å². The van der Waals surface area contributed by atoms with Crippen molar-refractivity contribution in [3.05, 3.63) is 24.3 Å². The molecule has 0 aromatic heterocycles. The lowest BCUT2D eigenvalue weighted by atomic mass is 9.99. The molecule has 1 heterocycles. The highest BCUT2D eigenvalue weighted by Crippen LogP contribution is 2.22. The van der Waals surface area contributed by atoms with Crippen molar-refractivity contribution in [1.29, 1.82) is 0 Å². The summed E-state index contributed by atoms with van der Waals surface area (Å²) in [6, 6.07) is 6.03. The van der Waals surface area contributed by atoms with E-state index in [2.05, 4.69) is 0 Å². The SMILES string of the molecule is CC(=O)N(C(=O)C(=O)N1CCCCC1CCO)c1ccc(N)cc1. The first-order chi connectivity index (χ1) is 11.5. The van der Waals surface area contributed by atoms with Crippen LogP contribution in [0.5, 0.6) is 0 Å². The van der Waals surface area contributed by atoms with Crippen LogP contribution in [0.1, 0.15) is 32.6 Å². The topological polar surface area (TPSA) is 104 Å². The molecular formula is C17H23N3O4. The third-order valence-electron chi connectivity index (χ3n) is 4.20. The van der Waals surface area contributed by atoms with Gasteiger partial charge in [-0.1, -0.05) is 0 Å². The monoisotopic (exact) mass is 333 g/mol. The average molecular weight is 333 g/mol. The number of nitrogens with zero attached hydrogens (tertiary/aromatic N) is 2. The van der Waals surface area contributed by atoms with Crippen molar-refractivity contribution >= 4 is 29.1 Å². The van der Waals surface area contributed by atoms with Gasteiger partial charge in [-0.3, -0.25) is 14.4 Å². The van der Waals surface area contributed by atoms with Crippen LogP contribution in [0, 0.1) is 0 Å². The summed E-state index contributed by atoms with van der Waals surface area (Å²) in [7, 11) is 0. The van der Waals surface area contributed by atoms with E-state index < -0.39 is 17.7 Å². The number of rotatable bonds is 3. The zero-order valence-electron chi connectivity index (χ0n) is 13.8. The predicted molar refractivity (Wildman–Crippen MR) is 90.1 cm³/mol. The van der Waals surface area contributed by atoms with E-state index in [-0.39, 0.29) is 12.6 Å². The number of carbonyl (C=O) groups excluding carboxylic acids is 3. The molecule has 1 aliphatic heterocycles. The summed E-state index contributed by atoms with van der Waals surface area (Å²) >= 11 is 0. The molecule has 1 saturated heterocycles. The lowest BCUT2D eigenvalue weighted by molar-refractivity contribution is -0.148. The fourth-order valence-corrected chi connectivity index (χ4v) is 3.00. The van der Waals surface area contributed by atoms with Gasteiger partial charge in [0.1, 0.15) is 0 Å². The van der Waals surface area contributed by atoms with Gasteiger partial charge in [0.25, 0.3) is 0 Å².